The van der Waals surface area contributed by atoms with E-state index in [1.54, 1.807) is 62.6 Å². The second-order valence-electron chi connectivity index (χ2n) is 27.5. The van der Waals surface area contributed by atoms with E-state index >= 15 is 0 Å². The highest BCUT2D eigenvalue weighted by Crippen LogP contribution is 2.52. The molecular weight excluding hydrogens is 1410 g/mol. The molecule has 0 atom stereocenters. The first-order valence-corrected chi connectivity index (χ1v) is 39.3. The number of rotatable bonds is 30. The predicted molar refractivity (Wildman–Crippen MR) is 397 cm³/mol. The molecular formula is C68H93N25O9S3. The molecule has 3 saturated heterocycles. The lowest BCUT2D eigenvalue weighted by atomic mass is 9.86. The van der Waals surface area contributed by atoms with Crippen LogP contribution < -0.4 is 44.3 Å². The molecule has 3 aliphatic heterocycles. The van der Waals surface area contributed by atoms with Gasteiger partial charge in [-0.15, -0.1) is 30.6 Å². The number of nitrogens with two attached hydrogens (primary N) is 3. The van der Waals surface area contributed by atoms with Gasteiger partial charge in [-0.25, -0.2) is 19.9 Å². The van der Waals surface area contributed by atoms with Gasteiger partial charge in [0.25, 0.3) is 0 Å². The summed E-state index contributed by atoms with van der Waals surface area (Å²) in [6.07, 6.45) is 13.1. The van der Waals surface area contributed by atoms with Gasteiger partial charge in [-0.1, -0.05) is 27.7 Å². The van der Waals surface area contributed by atoms with Crippen molar-refractivity contribution in [2.24, 2.45) is 16.2 Å². The Bertz CT molecular complexity index is 4250. The topological polar surface area (TPSA) is 410 Å². The molecule has 105 heavy (non-hydrogen) atoms. The molecule has 1 saturated carbocycles. The number of aromatic nitrogens is 16. The van der Waals surface area contributed by atoms with Gasteiger partial charge in [0.15, 0.2) is 0 Å². The molecule has 13 rings (SSSR count). The molecule has 4 aliphatic rings. The number of pyridine rings is 4. The zero-order chi connectivity index (χ0) is 74.6. The third-order valence-electron chi connectivity index (χ3n) is 19.0. The minimum absolute atomic E-state index is 0.0907. The van der Waals surface area contributed by atoms with Gasteiger partial charge in [-0.2, -0.15) is 52.6 Å². The fourth-order valence-electron chi connectivity index (χ4n) is 12.0. The highest BCUT2D eigenvalue weighted by atomic mass is 32.2. The second-order valence-corrected chi connectivity index (χ2v) is 33.0. The van der Waals surface area contributed by atoms with E-state index < -0.39 is 30.6 Å². The molecule has 7 aromatic heterocycles. The zero-order valence-electron chi connectivity index (χ0n) is 60.3. The van der Waals surface area contributed by atoms with E-state index in [1.807, 2.05) is 75.4 Å². The van der Waals surface area contributed by atoms with E-state index in [-0.39, 0.29) is 16.2 Å². The van der Waals surface area contributed by atoms with E-state index in [9.17, 15) is 25.3 Å². The number of hydrogen-bond acceptors (Lipinski definition) is 25. The molecule has 2 aromatic carbocycles. The summed E-state index contributed by atoms with van der Waals surface area (Å²) in [5.74, 6) is 4.68. The Balaban J connectivity index is 0.000000157. The number of benzene rings is 2. The minimum atomic E-state index is -3.59. The van der Waals surface area contributed by atoms with E-state index in [4.69, 9.17) is 31.4 Å². The van der Waals surface area contributed by atoms with Crippen molar-refractivity contribution < 1.29 is 39.5 Å². The standard InChI is InChI=1S/C23H30N8O3S.C23H32N8O3S.C22H31N9O3S/c1-2-31-27-22(26-28-31)18-3-5-20(6-4-18)34-16-11-23(8-9-23)10-13-29-14-15-30(35(29,32)33)19-7-12-25-21(24)17-19;1-4-31-27-22(26-28-31)18-5-7-20(8-6-18)34-16-11-23(2,3)10-13-29-14-15-30(35(29,32)33)19-9-12-25-21(24)17-19;1-4-31-27-21(26-28-31)17-5-6-20(25-16-17)34-14-9-22(2,3)8-11-29-12-13-30(35(29,32)33)18-7-10-24-19(23)15-18/h3-7,12,17H,2,8-11,13-16H2,1H3,(H2,24,25);5-9,12,17H,4,10-11,13-16H2,1-3H3,(H2,24,25);5-7,10,15-16H,4,8-9,11-14H2,1-3H3,(H2,23,24). The maximum absolute atomic E-state index is 13.0. The molecule has 562 valence electrons. The average Bonchev–Trinajstić information content (AvgIpc) is 1.65. The number of tetrazole rings is 3. The van der Waals surface area contributed by atoms with Crippen LogP contribution in [0.1, 0.15) is 99.8 Å². The zero-order valence-corrected chi connectivity index (χ0v) is 62.7. The van der Waals surface area contributed by atoms with Crippen LogP contribution in [0.4, 0.5) is 34.5 Å². The van der Waals surface area contributed by atoms with Crippen molar-refractivity contribution in [2.75, 3.05) is 109 Å². The first-order chi connectivity index (χ1) is 50.2. The van der Waals surface area contributed by atoms with Crippen LogP contribution in [0.25, 0.3) is 34.2 Å². The first-order valence-electron chi connectivity index (χ1n) is 35.1. The van der Waals surface area contributed by atoms with Crippen LogP contribution in [-0.4, -0.2) is 197 Å². The first kappa shape index (κ1) is 76.3. The van der Waals surface area contributed by atoms with Gasteiger partial charge in [0.05, 0.1) is 56.5 Å². The molecule has 0 spiro atoms. The summed E-state index contributed by atoms with van der Waals surface area (Å²) in [6, 6.07) is 28.7. The SMILES string of the molecule is CCn1nnc(-c2ccc(OCCC(C)(C)CCN3CCN(c4ccnc(N)c4)S3(=O)=O)cc2)n1.CCn1nnc(-c2ccc(OCCC(C)(C)CCN3CCN(c4ccnc(N)c4)S3(=O)=O)nc2)n1.CCn1nnc(-c2ccc(OCCC3(CCN4CCN(c5ccnc(N)c5)S4(=O)=O)CC3)cc2)n1. The molecule has 0 unspecified atom stereocenters. The van der Waals surface area contributed by atoms with Crippen LogP contribution in [0.2, 0.25) is 0 Å². The van der Waals surface area contributed by atoms with Crippen LogP contribution in [-0.2, 0) is 50.3 Å². The van der Waals surface area contributed by atoms with E-state index in [1.165, 1.54) is 44.9 Å². The van der Waals surface area contributed by atoms with E-state index in [2.05, 4.69) is 93.9 Å². The smallest absolute Gasteiger partial charge is 0.304 e. The Morgan fingerprint density at radius 3 is 1.16 bits per heavy atom. The second kappa shape index (κ2) is 33.1. The normalized spacial score (nSPS) is 16.9. The third-order valence-corrected chi connectivity index (χ3v) is 24.9. The Hall–Kier alpha value is -9.82. The van der Waals surface area contributed by atoms with Crippen molar-refractivity contribution in [3.8, 4) is 51.5 Å². The van der Waals surface area contributed by atoms with Crippen LogP contribution >= 0.6 is 0 Å². The summed E-state index contributed by atoms with van der Waals surface area (Å²) in [5.41, 5.74) is 21.3. The molecule has 10 heterocycles. The molecule has 37 heteroatoms. The lowest BCUT2D eigenvalue weighted by molar-refractivity contribution is 0.203. The maximum Gasteiger partial charge on any atom is 0.304 e. The average molecular weight is 1500 g/mol. The minimum Gasteiger partial charge on any atom is -0.494 e. The predicted octanol–water partition coefficient (Wildman–Crippen LogP) is 6.92. The molecule has 0 amide bonds. The van der Waals surface area contributed by atoms with Gasteiger partial charge in [0.2, 0.25) is 23.4 Å². The molecule has 9 aromatic rings. The number of nitrogen functional groups attached to an aromatic ring is 3. The van der Waals surface area contributed by atoms with Crippen molar-refractivity contribution in [1.29, 1.82) is 0 Å². The molecule has 6 N–H and O–H groups in total. The third kappa shape index (κ3) is 19.6. The molecule has 4 fully saturated rings. The van der Waals surface area contributed by atoms with Crippen molar-refractivity contribution >= 4 is 65.1 Å². The van der Waals surface area contributed by atoms with Gasteiger partial charge in [-0.05, 0) is 177 Å². The summed E-state index contributed by atoms with van der Waals surface area (Å²) < 4.78 is 105. The highest BCUT2D eigenvalue weighted by molar-refractivity contribution is 7.91. The summed E-state index contributed by atoms with van der Waals surface area (Å²) in [6.45, 7) is 21.9. The van der Waals surface area contributed by atoms with Gasteiger partial charge < -0.3 is 31.4 Å². The summed E-state index contributed by atoms with van der Waals surface area (Å²) in [4.78, 5) is 20.8. The lowest BCUT2D eigenvalue weighted by Gasteiger charge is -2.27. The number of hydrogen-bond donors (Lipinski definition) is 3. The molecule has 34 nitrogen and oxygen atoms in total. The van der Waals surface area contributed by atoms with Gasteiger partial charge >= 0.3 is 30.6 Å². The number of anilines is 6. The Morgan fingerprint density at radius 2 is 0.800 bits per heavy atom. The van der Waals surface area contributed by atoms with Crippen LogP contribution in [0, 0.1) is 16.2 Å². The van der Waals surface area contributed by atoms with Gasteiger partial charge in [0.1, 0.15) is 29.0 Å². The van der Waals surface area contributed by atoms with Crippen molar-refractivity contribution in [3.63, 3.8) is 0 Å². The maximum atomic E-state index is 13.0. The molecule has 0 radical (unpaired) electrons. The summed E-state index contributed by atoms with van der Waals surface area (Å²) in [7, 11) is -10.7. The van der Waals surface area contributed by atoms with E-state index in [0.717, 1.165) is 73.1 Å². The monoisotopic (exact) mass is 1500 g/mol. The van der Waals surface area contributed by atoms with Crippen molar-refractivity contribution in [1.82, 2.24) is 93.5 Å². The van der Waals surface area contributed by atoms with Crippen molar-refractivity contribution in [3.05, 3.63) is 122 Å². The number of aryl methyl sites for hydroxylation is 3. The fraction of sp³-hybridized carbons (Fsp3) is 0.485. The van der Waals surface area contributed by atoms with E-state index in [0.29, 0.717) is 163 Å². The number of ether oxygens (including phenoxy) is 3. The van der Waals surface area contributed by atoms with Crippen LogP contribution in [0.3, 0.4) is 0 Å². The quantitative estimate of drug-likeness (QED) is 0.0411. The summed E-state index contributed by atoms with van der Waals surface area (Å²) >= 11 is 0. The van der Waals surface area contributed by atoms with Crippen LogP contribution in [0.5, 0.6) is 17.4 Å². The molecule has 0 bridgehead atoms. The van der Waals surface area contributed by atoms with Crippen molar-refractivity contribution in [2.45, 2.75) is 119 Å². The Labute approximate surface area is 612 Å². The lowest BCUT2D eigenvalue weighted by Crippen LogP contribution is -2.35. The van der Waals surface area contributed by atoms with Gasteiger partial charge in [-0.3, -0.25) is 12.9 Å². The fourth-order valence-corrected chi connectivity index (χ4v) is 16.8. The van der Waals surface area contributed by atoms with Gasteiger partial charge in [0, 0.05) is 125 Å². The highest BCUT2D eigenvalue weighted by Gasteiger charge is 2.45. The Kier molecular flexibility index (Phi) is 24.1. The molecule has 1 aliphatic carbocycles. The summed E-state index contributed by atoms with van der Waals surface area (Å²) in [5, 5.41) is 36.9. The van der Waals surface area contributed by atoms with Crippen LogP contribution in [0.15, 0.2) is 122 Å². The largest absolute Gasteiger partial charge is 0.494 e. The Morgan fingerprint density at radius 1 is 0.429 bits per heavy atom. The number of nitrogens with zero attached hydrogens (tertiary/aromatic N) is 22.